The molecule has 0 unspecified atom stereocenters. The Morgan fingerprint density at radius 2 is 1.45 bits per heavy atom. The molecule has 1 fully saturated rings. The quantitative estimate of drug-likeness (QED) is 0.871. The molecule has 2 nitrogen and oxygen atoms in total. The van der Waals surface area contributed by atoms with Crippen LogP contribution in [0.15, 0.2) is 54.6 Å². The molecule has 1 atom stereocenters. The molecule has 0 spiro atoms. The van der Waals surface area contributed by atoms with E-state index in [4.69, 9.17) is 0 Å². The van der Waals surface area contributed by atoms with Crippen molar-refractivity contribution in [2.24, 2.45) is 0 Å². The van der Waals surface area contributed by atoms with Gasteiger partial charge in [0.2, 0.25) is 0 Å². The first-order valence-electron chi connectivity index (χ1n) is 8.50. The van der Waals surface area contributed by atoms with E-state index < -0.39 is 0 Å². The van der Waals surface area contributed by atoms with Gasteiger partial charge in [0.05, 0.1) is 25.7 Å². The molecule has 0 amide bonds. The van der Waals surface area contributed by atoms with Crippen LogP contribution < -0.4 is 4.90 Å². The summed E-state index contributed by atoms with van der Waals surface area (Å²) in [6.07, 6.45) is 4.60. The molecule has 0 aromatic heterocycles. The average Bonchev–Trinajstić information content (AvgIpc) is 2.61. The molecule has 116 valence electrons. The summed E-state index contributed by atoms with van der Waals surface area (Å²) in [4.78, 5) is 1.66. The molecule has 0 radical (unpaired) electrons. The Balaban J connectivity index is 1.57. The maximum absolute atomic E-state index is 10.4. The van der Waals surface area contributed by atoms with E-state index in [1.807, 2.05) is 6.07 Å². The molecule has 1 aliphatic rings. The summed E-state index contributed by atoms with van der Waals surface area (Å²) in [5, 5.41) is 10.4. The van der Waals surface area contributed by atoms with Gasteiger partial charge >= 0.3 is 0 Å². The van der Waals surface area contributed by atoms with Gasteiger partial charge in [0.1, 0.15) is 0 Å². The Hall–Kier alpha value is -1.64. The van der Waals surface area contributed by atoms with Gasteiger partial charge in [0.25, 0.3) is 0 Å². The number of aliphatic hydroxyl groups excluding tert-OH is 1. The van der Waals surface area contributed by atoms with Crippen molar-refractivity contribution < 1.29 is 10.0 Å². The summed E-state index contributed by atoms with van der Waals surface area (Å²) in [7, 11) is 0. The van der Waals surface area contributed by atoms with Crippen LogP contribution in [0.2, 0.25) is 0 Å². The number of piperidine rings is 1. The van der Waals surface area contributed by atoms with E-state index in [0.717, 1.165) is 18.5 Å². The molecule has 1 aliphatic heterocycles. The largest absolute Gasteiger partial charge is 0.388 e. The summed E-state index contributed by atoms with van der Waals surface area (Å²) in [6, 6.07) is 18.7. The first-order valence-corrected chi connectivity index (χ1v) is 8.50. The maximum atomic E-state index is 10.4. The predicted molar refractivity (Wildman–Crippen MR) is 90.9 cm³/mol. The number of likely N-dealkylation sites (tertiary alicyclic amines) is 1. The van der Waals surface area contributed by atoms with Gasteiger partial charge in [-0.2, -0.15) is 0 Å². The van der Waals surface area contributed by atoms with Crippen molar-refractivity contribution in [1.82, 2.24) is 0 Å². The third-order valence-electron chi connectivity index (χ3n) is 4.73. The lowest BCUT2D eigenvalue weighted by Crippen LogP contribution is -3.12. The summed E-state index contributed by atoms with van der Waals surface area (Å²) in [6.45, 7) is 3.64. The second kappa shape index (κ2) is 7.57. The van der Waals surface area contributed by atoms with Crippen LogP contribution in [0.25, 0.3) is 11.1 Å². The fourth-order valence-corrected chi connectivity index (χ4v) is 3.34. The molecule has 0 saturated carbocycles. The van der Waals surface area contributed by atoms with Gasteiger partial charge in [-0.1, -0.05) is 54.6 Å². The monoisotopic (exact) mass is 296 g/mol. The summed E-state index contributed by atoms with van der Waals surface area (Å²) >= 11 is 0. The molecule has 0 aliphatic carbocycles. The lowest BCUT2D eigenvalue weighted by molar-refractivity contribution is -0.905. The molecule has 2 aromatic rings. The highest BCUT2D eigenvalue weighted by Gasteiger charge is 2.16. The van der Waals surface area contributed by atoms with Gasteiger partial charge in [-0.25, -0.2) is 0 Å². The molecule has 22 heavy (non-hydrogen) atoms. The molecule has 0 bridgehead atoms. The standard InChI is InChI=1S/C20H25NO/c22-20(13-16-21-14-5-2-6-15-21)19-11-9-18(10-12-19)17-7-3-1-4-8-17/h1,3-4,7-12,20,22H,2,5-6,13-16H2/p+1/t20-/m1/s1. The van der Waals surface area contributed by atoms with Crippen LogP contribution in [-0.2, 0) is 0 Å². The molecule has 1 saturated heterocycles. The minimum atomic E-state index is -0.334. The van der Waals surface area contributed by atoms with Crippen molar-refractivity contribution in [3.63, 3.8) is 0 Å². The van der Waals surface area contributed by atoms with Crippen LogP contribution in [0, 0.1) is 0 Å². The van der Waals surface area contributed by atoms with E-state index in [1.54, 1.807) is 4.90 Å². The van der Waals surface area contributed by atoms with Crippen LogP contribution in [0.3, 0.4) is 0 Å². The number of benzene rings is 2. The molecule has 2 N–H and O–H groups in total. The Labute approximate surface area is 133 Å². The van der Waals surface area contributed by atoms with Crippen LogP contribution >= 0.6 is 0 Å². The van der Waals surface area contributed by atoms with Crippen LogP contribution in [0.4, 0.5) is 0 Å². The molecular weight excluding hydrogens is 270 g/mol. The summed E-state index contributed by atoms with van der Waals surface area (Å²) in [5.74, 6) is 0. The van der Waals surface area contributed by atoms with Gasteiger partial charge in [0.15, 0.2) is 0 Å². The van der Waals surface area contributed by atoms with E-state index in [0.29, 0.717) is 0 Å². The Kier molecular flexibility index (Phi) is 5.25. The molecular formula is C20H26NO+. The van der Waals surface area contributed by atoms with E-state index >= 15 is 0 Å². The average molecular weight is 296 g/mol. The van der Waals surface area contributed by atoms with Crippen molar-refractivity contribution in [1.29, 1.82) is 0 Å². The SMILES string of the molecule is O[C@H](CC[NH+]1CCCCC1)c1ccc(-c2ccccc2)cc1. The maximum Gasteiger partial charge on any atom is 0.0843 e. The van der Waals surface area contributed by atoms with Crippen molar-refractivity contribution in [2.45, 2.75) is 31.8 Å². The third-order valence-corrected chi connectivity index (χ3v) is 4.73. The summed E-state index contributed by atoms with van der Waals surface area (Å²) < 4.78 is 0. The molecule has 1 heterocycles. The number of aliphatic hydroxyl groups is 1. The van der Waals surface area contributed by atoms with E-state index in [2.05, 4.69) is 48.5 Å². The third kappa shape index (κ3) is 3.96. The topological polar surface area (TPSA) is 24.7 Å². The highest BCUT2D eigenvalue weighted by Crippen LogP contribution is 2.22. The van der Waals surface area contributed by atoms with E-state index in [1.165, 1.54) is 43.5 Å². The zero-order valence-electron chi connectivity index (χ0n) is 13.2. The fraction of sp³-hybridized carbons (Fsp3) is 0.400. The van der Waals surface area contributed by atoms with E-state index in [-0.39, 0.29) is 6.10 Å². The highest BCUT2D eigenvalue weighted by molar-refractivity contribution is 5.63. The van der Waals surface area contributed by atoms with Crippen molar-refractivity contribution >= 4 is 0 Å². The Morgan fingerprint density at radius 1 is 0.818 bits per heavy atom. The molecule has 3 rings (SSSR count). The zero-order valence-corrected chi connectivity index (χ0v) is 13.2. The first-order chi connectivity index (χ1) is 10.8. The van der Waals surface area contributed by atoms with Gasteiger partial charge in [-0.05, 0) is 36.0 Å². The van der Waals surface area contributed by atoms with Gasteiger partial charge in [-0.15, -0.1) is 0 Å². The zero-order chi connectivity index (χ0) is 15.2. The summed E-state index contributed by atoms with van der Waals surface area (Å²) in [5.41, 5.74) is 3.47. The number of quaternary nitrogens is 1. The lowest BCUT2D eigenvalue weighted by atomic mass is 10.0. The van der Waals surface area contributed by atoms with Gasteiger partial charge in [-0.3, -0.25) is 0 Å². The van der Waals surface area contributed by atoms with Crippen molar-refractivity contribution in [2.75, 3.05) is 19.6 Å². The normalized spacial score (nSPS) is 17.3. The highest BCUT2D eigenvalue weighted by atomic mass is 16.3. The number of nitrogens with one attached hydrogen (secondary N) is 1. The van der Waals surface area contributed by atoms with Gasteiger partial charge in [0, 0.05) is 6.42 Å². The van der Waals surface area contributed by atoms with Crippen LogP contribution in [0.5, 0.6) is 0 Å². The number of rotatable bonds is 5. The smallest absolute Gasteiger partial charge is 0.0843 e. The fourth-order valence-electron chi connectivity index (χ4n) is 3.34. The van der Waals surface area contributed by atoms with Crippen molar-refractivity contribution in [3.05, 3.63) is 60.2 Å². The minimum Gasteiger partial charge on any atom is -0.388 e. The lowest BCUT2D eigenvalue weighted by Gasteiger charge is -2.24. The number of hydrogen-bond donors (Lipinski definition) is 2. The predicted octanol–water partition coefficient (Wildman–Crippen LogP) is 2.85. The second-order valence-electron chi connectivity index (χ2n) is 6.35. The van der Waals surface area contributed by atoms with Crippen LogP contribution in [0.1, 0.15) is 37.4 Å². The Bertz CT molecular complexity index is 558. The Morgan fingerprint density at radius 3 is 2.14 bits per heavy atom. The molecule has 2 heteroatoms. The number of hydrogen-bond acceptors (Lipinski definition) is 1. The van der Waals surface area contributed by atoms with Crippen molar-refractivity contribution in [3.8, 4) is 11.1 Å². The second-order valence-corrected chi connectivity index (χ2v) is 6.35. The van der Waals surface area contributed by atoms with Crippen LogP contribution in [-0.4, -0.2) is 24.7 Å². The minimum absolute atomic E-state index is 0.334. The van der Waals surface area contributed by atoms with Gasteiger partial charge < -0.3 is 10.0 Å². The molecule has 2 aromatic carbocycles. The first kappa shape index (κ1) is 15.3. The van der Waals surface area contributed by atoms with E-state index in [9.17, 15) is 5.11 Å².